The Labute approximate surface area is 235 Å². The number of hydrogen-bond acceptors (Lipinski definition) is 6. The second-order valence-corrected chi connectivity index (χ2v) is 11.4. The third-order valence-corrected chi connectivity index (χ3v) is 9.46. The number of ketones is 2. The standard InChI is InChI=1S/C33H26N2O4S/c1-19-18-27-33(23-9-4-5-10-24(23)34-32(33)38)28(31(37)26-12-7-17-40-26)29(35(27)25-11-6-3-8-22(19)25)30(36)20-13-15-21(39-2)16-14-20/h3-18,27-29H,1-2H3,(H,34,38)/t27-,28+,29-,33-/m0/s1. The summed E-state index contributed by atoms with van der Waals surface area (Å²) in [6, 6.07) is 24.6. The number of nitrogens with zero attached hydrogens (tertiary/aromatic N) is 1. The smallest absolute Gasteiger partial charge is 0.238 e. The van der Waals surface area contributed by atoms with Crippen molar-refractivity contribution in [3.05, 3.63) is 118 Å². The van der Waals surface area contributed by atoms with Crippen LogP contribution in [0.3, 0.4) is 0 Å². The van der Waals surface area contributed by atoms with Crippen molar-refractivity contribution in [2.45, 2.75) is 24.4 Å². The van der Waals surface area contributed by atoms with Gasteiger partial charge in [0.05, 0.1) is 23.9 Å². The van der Waals surface area contributed by atoms with Crippen LogP contribution in [0.25, 0.3) is 5.57 Å². The molecule has 1 amide bonds. The molecule has 3 aromatic carbocycles. The van der Waals surface area contributed by atoms with E-state index in [9.17, 15) is 14.4 Å². The molecule has 1 saturated heterocycles. The number of hydrogen-bond donors (Lipinski definition) is 1. The van der Waals surface area contributed by atoms with E-state index in [4.69, 9.17) is 4.74 Å². The lowest BCUT2D eigenvalue weighted by molar-refractivity contribution is -0.121. The number of benzene rings is 3. The zero-order valence-electron chi connectivity index (χ0n) is 22.0. The van der Waals surface area contributed by atoms with Gasteiger partial charge in [-0.3, -0.25) is 14.4 Å². The Kier molecular flexibility index (Phi) is 5.54. The van der Waals surface area contributed by atoms with Crippen LogP contribution in [0, 0.1) is 5.92 Å². The summed E-state index contributed by atoms with van der Waals surface area (Å²) in [5.41, 5.74) is 3.42. The predicted molar refractivity (Wildman–Crippen MR) is 156 cm³/mol. The summed E-state index contributed by atoms with van der Waals surface area (Å²) in [7, 11) is 1.58. The molecule has 0 unspecified atom stereocenters. The first kappa shape index (κ1) is 24.5. The molecule has 198 valence electrons. The minimum atomic E-state index is -1.31. The Hall–Kier alpha value is -4.49. The highest BCUT2D eigenvalue weighted by Crippen LogP contribution is 2.59. The largest absolute Gasteiger partial charge is 0.497 e. The van der Waals surface area contributed by atoms with Gasteiger partial charge in [-0.1, -0.05) is 48.5 Å². The quantitative estimate of drug-likeness (QED) is 0.311. The fraction of sp³-hybridized carbons (Fsp3) is 0.182. The van der Waals surface area contributed by atoms with E-state index >= 15 is 0 Å². The molecule has 1 aromatic heterocycles. The number of thiophene rings is 1. The van der Waals surface area contributed by atoms with Gasteiger partial charge in [0.2, 0.25) is 5.91 Å². The van der Waals surface area contributed by atoms with E-state index in [0.717, 1.165) is 22.4 Å². The number of methoxy groups -OCH3 is 1. The average Bonchev–Trinajstić information content (AvgIpc) is 3.70. The molecular weight excluding hydrogens is 520 g/mol. The first-order valence-corrected chi connectivity index (χ1v) is 14.1. The summed E-state index contributed by atoms with van der Waals surface area (Å²) in [5, 5.41) is 4.93. The van der Waals surface area contributed by atoms with Gasteiger partial charge in [0.1, 0.15) is 17.2 Å². The Bertz CT molecular complexity index is 1710. The monoisotopic (exact) mass is 546 g/mol. The molecule has 0 radical (unpaired) electrons. The highest BCUT2D eigenvalue weighted by atomic mass is 32.1. The molecule has 1 spiro atoms. The lowest BCUT2D eigenvalue weighted by Gasteiger charge is -2.39. The zero-order chi connectivity index (χ0) is 27.6. The molecule has 40 heavy (non-hydrogen) atoms. The number of ether oxygens (including phenoxy) is 1. The van der Waals surface area contributed by atoms with E-state index in [1.54, 1.807) is 37.4 Å². The Morgan fingerprint density at radius 2 is 1.68 bits per heavy atom. The van der Waals surface area contributed by atoms with Crippen LogP contribution in [-0.4, -0.2) is 36.7 Å². The van der Waals surface area contributed by atoms with Crippen molar-refractivity contribution in [1.29, 1.82) is 0 Å². The maximum atomic E-state index is 14.7. The average molecular weight is 547 g/mol. The molecule has 7 heteroatoms. The van der Waals surface area contributed by atoms with Gasteiger partial charge in [-0.2, -0.15) is 0 Å². The second-order valence-electron chi connectivity index (χ2n) is 10.4. The molecule has 7 rings (SSSR count). The van der Waals surface area contributed by atoms with E-state index < -0.39 is 23.4 Å². The Morgan fingerprint density at radius 1 is 0.925 bits per heavy atom. The highest BCUT2D eigenvalue weighted by Gasteiger charge is 2.70. The van der Waals surface area contributed by atoms with Crippen molar-refractivity contribution in [3.8, 4) is 5.75 Å². The molecule has 3 aliphatic heterocycles. The van der Waals surface area contributed by atoms with Gasteiger partial charge in [-0.25, -0.2) is 0 Å². The number of fused-ring (bicyclic) bond motifs is 6. The predicted octanol–water partition coefficient (Wildman–Crippen LogP) is 6.00. The number of nitrogens with one attached hydrogen (secondary N) is 1. The number of allylic oxidation sites excluding steroid dienone is 1. The van der Waals surface area contributed by atoms with Gasteiger partial charge in [0.25, 0.3) is 0 Å². The lowest BCUT2D eigenvalue weighted by atomic mass is 9.64. The fourth-order valence-electron chi connectivity index (χ4n) is 6.89. The third kappa shape index (κ3) is 3.24. The summed E-state index contributed by atoms with van der Waals surface area (Å²) in [6.07, 6.45) is 2.07. The number of carbonyl (C=O) groups excluding carboxylic acids is 3. The molecule has 4 aromatic rings. The van der Waals surface area contributed by atoms with Gasteiger partial charge in [-0.05, 0) is 65.9 Å². The van der Waals surface area contributed by atoms with Crippen LogP contribution in [0.1, 0.15) is 38.1 Å². The minimum Gasteiger partial charge on any atom is -0.497 e. The maximum absolute atomic E-state index is 14.7. The van der Waals surface area contributed by atoms with Crippen molar-refractivity contribution in [2.24, 2.45) is 5.92 Å². The number of anilines is 2. The van der Waals surface area contributed by atoms with Crippen LogP contribution < -0.4 is 15.0 Å². The van der Waals surface area contributed by atoms with Crippen molar-refractivity contribution < 1.29 is 19.1 Å². The third-order valence-electron chi connectivity index (χ3n) is 8.57. The topological polar surface area (TPSA) is 75.7 Å². The molecule has 3 aliphatic rings. The fourth-order valence-corrected chi connectivity index (χ4v) is 7.59. The van der Waals surface area contributed by atoms with Crippen LogP contribution >= 0.6 is 11.3 Å². The van der Waals surface area contributed by atoms with Gasteiger partial charge in [-0.15, -0.1) is 11.3 Å². The van der Waals surface area contributed by atoms with E-state index in [1.807, 2.05) is 71.8 Å². The van der Waals surface area contributed by atoms with Crippen LogP contribution in [0.4, 0.5) is 11.4 Å². The Morgan fingerprint density at radius 3 is 2.42 bits per heavy atom. The summed E-state index contributed by atoms with van der Waals surface area (Å²) >= 11 is 1.33. The summed E-state index contributed by atoms with van der Waals surface area (Å²) < 4.78 is 5.32. The first-order chi connectivity index (χ1) is 19.5. The normalized spacial score (nSPS) is 24.1. The molecule has 0 saturated carbocycles. The van der Waals surface area contributed by atoms with Gasteiger partial charge in [0, 0.05) is 22.5 Å². The number of amides is 1. The van der Waals surface area contributed by atoms with Gasteiger partial charge in [0.15, 0.2) is 11.6 Å². The number of rotatable bonds is 5. The molecule has 6 nitrogen and oxygen atoms in total. The zero-order valence-corrected chi connectivity index (χ0v) is 22.8. The molecule has 4 atom stereocenters. The molecular formula is C33H26N2O4S. The maximum Gasteiger partial charge on any atom is 0.238 e. The summed E-state index contributed by atoms with van der Waals surface area (Å²) in [4.78, 5) is 46.2. The minimum absolute atomic E-state index is 0.202. The molecule has 1 fully saturated rings. The van der Waals surface area contributed by atoms with Crippen molar-refractivity contribution >= 4 is 45.8 Å². The van der Waals surface area contributed by atoms with Crippen LogP contribution in [0.5, 0.6) is 5.75 Å². The van der Waals surface area contributed by atoms with Crippen molar-refractivity contribution in [1.82, 2.24) is 0 Å². The first-order valence-electron chi connectivity index (χ1n) is 13.2. The highest BCUT2D eigenvalue weighted by molar-refractivity contribution is 7.12. The van der Waals surface area contributed by atoms with Crippen LogP contribution in [0.2, 0.25) is 0 Å². The summed E-state index contributed by atoms with van der Waals surface area (Å²) in [6.45, 7) is 2.03. The van der Waals surface area contributed by atoms with E-state index in [1.165, 1.54) is 11.3 Å². The lowest BCUT2D eigenvalue weighted by Crippen LogP contribution is -2.51. The van der Waals surface area contributed by atoms with Crippen molar-refractivity contribution in [3.63, 3.8) is 0 Å². The molecule has 0 aliphatic carbocycles. The van der Waals surface area contributed by atoms with E-state index in [-0.39, 0.29) is 17.5 Å². The van der Waals surface area contributed by atoms with E-state index in [2.05, 4.69) is 11.4 Å². The number of para-hydroxylation sites is 2. The van der Waals surface area contributed by atoms with Crippen LogP contribution in [-0.2, 0) is 10.2 Å². The van der Waals surface area contributed by atoms with Gasteiger partial charge >= 0.3 is 0 Å². The number of carbonyl (C=O) groups is 3. The van der Waals surface area contributed by atoms with Gasteiger partial charge < -0.3 is 15.0 Å². The van der Waals surface area contributed by atoms with Crippen LogP contribution in [0.15, 0.2) is 96.4 Å². The SMILES string of the molecule is COc1ccc(C(=O)[C@@H]2[C@H](C(=O)c3cccs3)[C@@]3(C(=O)Nc4ccccc43)[C@@H]3C=C(C)c4ccccc4N23)cc1. The summed E-state index contributed by atoms with van der Waals surface area (Å²) in [5.74, 6) is -1.00. The second kappa shape index (κ2) is 9.03. The van der Waals surface area contributed by atoms with E-state index in [0.29, 0.717) is 21.9 Å². The number of Topliss-reactive ketones (excluding diaryl/α,β-unsaturated/α-hetero) is 2. The molecule has 1 N–H and O–H groups in total. The Balaban J connectivity index is 1.54. The van der Waals surface area contributed by atoms with Crippen molar-refractivity contribution in [2.75, 3.05) is 17.3 Å². The molecule has 4 heterocycles. The molecule has 0 bridgehead atoms.